The smallest absolute Gasteiger partial charge is 0.185 e. The minimum atomic E-state index is 0.0883. The van der Waals surface area contributed by atoms with E-state index in [1.54, 1.807) is 18.4 Å². The van der Waals surface area contributed by atoms with Gasteiger partial charge in [0.25, 0.3) is 0 Å². The fourth-order valence-corrected chi connectivity index (χ4v) is 2.74. The van der Waals surface area contributed by atoms with Crippen molar-refractivity contribution in [3.8, 4) is 0 Å². The molecule has 4 nitrogen and oxygen atoms in total. The number of hydrogen-bond donors (Lipinski definition) is 1. The lowest BCUT2D eigenvalue weighted by atomic mass is 10.3. The number of methoxy groups -OCH3 is 1. The van der Waals surface area contributed by atoms with Crippen molar-refractivity contribution in [3.63, 3.8) is 0 Å². The molecule has 2 heterocycles. The standard InChI is InChI=1S/C10H16N2O2S/c1-7-9(6-13)15-10(11-7)12-4-3-8(5-12)14-2/h8,13H,3-6H2,1-2H3. The molecular formula is C10H16N2O2S. The molecule has 0 bridgehead atoms. The minimum Gasteiger partial charge on any atom is -0.391 e. The molecule has 15 heavy (non-hydrogen) atoms. The van der Waals surface area contributed by atoms with Gasteiger partial charge in [0.05, 0.1) is 23.3 Å². The maximum atomic E-state index is 9.10. The van der Waals surface area contributed by atoms with Gasteiger partial charge in [0.1, 0.15) is 0 Å². The Balaban J connectivity index is 2.10. The first-order valence-electron chi connectivity index (χ1n) is 5.09. The Bertz CT molecular complexity index is 340. The molecule has 0 radical (unpaired) electrons. The van der Waals surface area contributed by atoms with Crippen LogP contribution in [0.15, 0.2) is 0 Å². The van der Waals surface area contributed by atoms with Crippen molar-refractivity contribution in [1.82, 2.24) is 4.98 Å². The molecule has 1 N–H and O–H groups in total. The third-order valence-corrected chi connectivity index (χ3v) is 3.98. The van der Waals surface area contributed by atoms with E-state index in [2.05, 4.69) is 9.88 Å². The first-order valence-corrected chi connectivity index (χ1v) is 5.91. The maximum absolute atomic E-state index is 9.10. The minimum absolute atomic E-state index is 0.0883. The summed E-state index contributed by atoms with van der Waals surface area (Å²) < 4.78 is 5.31. The summed E-state index contributed by atoms with van der Waals surface area (Å²) in [5, 5.41) is 10.1. The fourth-order valence-electron chi connectivity index (χ4n) is 1.79. The molecule has 1 aliphatic rings. The van der Waals surface area contributed by atoms with E-state index < -0.39 is 0 Å². The van der Waals surface area contributed by atoms with Crippen molar-refractivity contribution in [2.24, 2.45) is 0 Å². The second-order valence-electron chi connectivity index (χ2n) is 3.76. The molecule has 1 saturated heterocycles. The van der Waals surface area contributed by atoms with Gasteiger partial charge in [0, 0.05) is 20.2 Å². The Morgan fingerprint density at radius 1 is 1.67 bits per heavy atom. The highest BCUT2D eigenvalue weighted by atomic mass is 32.1. The van der Waals surface area contributed by atoms with E-state index in [0.717, 1.165) is 35.2 Å². The monoisotopic (exact) mass is 228 g/mol. The Morgan fingerprint density at radius 3 is 3.00 bits per heavy atom. The zero-order chi connectivity index (χ0) is 10.8. The van der Waals surface area contributed by atoms with E-state index in [0.29, 0.717) is 6.10 Å². The van der Waals surface area contributed by atoms with Crippen molar-refractivity contribution in [3.05, 3.63) is 10.6 Å². The zero-order valence-electron chi connectivity index (χ0n) is 9.06. The second-order valence-corrected chi connectivity index (χ2v) is 4.82. The highest BCUT2D eigenvalue weighted by Gasteiger charge is 2.24. The Hall–Kier alpha value is -0.650. The Kier molecular flexibility index (Phi) is 3.23. The highest BCUT2D eigenvalue weighted by molar-refractivity contribution is 7.15. The van der Waals surface area contributed by atoms with E-state index in [1.807, 2.05) is 6.92 Å². The molecular weight excluding hydrogens is 212 g/mol. The van der Waals surface area contributed by atoms with E-state index in [4.69, 9.17) is 9.84 Å². The van der Waals surface area contributed by atoms with Gasteiger partial charge in [-0.1, -0.05) is 11.3 Å². The van der Waals surface area contributed by atoms with Crippen LogP contribution in [0.3, 0.4) is 0 Å². The molecule has 0 aromatic carbocycles. The number of ether oxygens (including phenoxy) is 1. The zero-order valence-corrected chi connectivity index (χ0v) is 9.88. The molecule has 2 rings (SSSR count). The van der Waals surface area contributed by atoms with E-state index in [-0.39, 0.29) is 6.61 Å². The summed E-state index contributed by atoms with van der Waals surface area (Å²) in [5.74, 6) is 0. The topological polar surface area (TPSA) is 45.6 Å². The van der Waals surface area contributed by atoms with Crippen LogP contribution >= 0.6 is 11.3 Å². The number of aliphatic hydroxyl groups excluding tert-OH is 1. The van der Waals surface area contributed by atoms with Gasteiger partial charge in [-0.25, -0.2) is 4.98 Å². The number of aryl methyl sites for hydroxylation is 1. The van der Waals surface area contributed by atoms with E-state index in [1.165, 1.54) is 0 Å². The predicted octanol–water partition coefficient (Wildman–Crippen LogP) is 1.17. The molecule has 0 aliphatic carbocycles. The van der Waals surface area contributed by atoms with Crippen molar-refractivity contribution in [2.45, 2.75) is 26.1 Å². The number of hydrogen-bond acceptors (Lipinski definition) is 5. The van der Waals surface area contributed by atoms with Gasteiger partial charge in [0.15, 0.2) is 5.13 Å². The van der Waals surface area contributed by atoms with Crippen LogP contribution in [0.25, 0.3) is 0 Å². The summed E-state index contributed by atoms with van der Waals surface area (Å²) in [4.78, 5) is 7.65. The van der Waals surface area contributed by atoms with Crippen LogP contribution in [0.2, 0.25) is 0 Å². The van der Waals surface area contributed by atoms with Gasteiger partial charge < -0.3 is 14.7 Å². The van der Waals surface area contributed by atoms with Crippen LogP contribution in [-0.2, 0) is 11.3 Å². The Labute approximate surface area is 93.5 Å². The molecule has 1 fully saturated rings. The normalized spacial score (nSPS) is 21.3. The average Bonchev–Trinajstić information content (AvgIpc) is 2.83. The number of thiazole rings is 1. The van der Waals surface area contributed by atoms with Crippen LogP contribution < -0.4 is 4.90 Å². The van der Waals surface area contributed by atoms with Crippen molar-refractivity contribution < 1.29 is 9.84 Å². The molecule has 1 aromatic heterocycles. The number of aliphatic hydroxyl groups is 1. The maximum Gasteiger partial charge on any atom is 0.185 e. The fraction of sp³-hybridized carbons (Fsp3) is 0.700. The van der Waals surface area contributed by atoms with Gasteiger partial charge in [0.2, 0.25) is 0 Å². The number of rotatable bonds is 3. The average molecular weight is 228 g/mol. The lowest BCUT2D eigenvalue weighted by Crippen LogP contribution is -2.21. The van der Waals surface area contributed by atoms with Gasteiger partial charge in [-0.15, -0.1) is 0 Å². The van der Waals surface area contributed by atoms with Crippen LogP contribution in [0, 0.1) is 6.92 Å². The third kappa shape index (κ3) is 2.14. The number of nitrogens with zero attached hydrogens (tertiary/aromatic N) is 2. The largest absolute Gasteiger partial charge is 0.391 e. The summed E-state index contributed by atoms with van der Waals surface area (Å²) in [7, 11) is 1.75. The summed E-state index contributed by atoms with van der Waals surface area (Å²) in [6.07, 6.45) is 1.38. The summed E-state index contributed by atoms with van der Waals surface area (Å²) in [6, 6.07) is 0. The first kappa shape index (κ1) is 10.9. The van der Waals surface area contributed by atoms with Crippen LogP contribution in [0.5, 0.6) is 0 Å². The number of aromatic nitrogens is 1. The molecule has 0 saturated carbocycles. The molecule has 1 aromatic rings. The van der Waals surface area contributed by atoms with E-state index in [9.17, 15) is 0 Å². The van der Waals surface area contributed by atoms with Crippen molar-refractivity contribution in [2.75, 3.05) is 25.1 Å². The van der Waals surface area contributed by atoms with E-state index >= 15 is 0 Å². The molecule has 0 spiro atoms. The quantitative estimate of drug-likeness (QED) is 0.843. The van der Waals surface area contributed by atoms with Crippen LogP contribution in [0.1, 0.15) is 17.0 Å². The van der Waals surface area contributed by atoms with Crippen molar-refractivity contribution in [1.29, 1.82) is 0 Å². The first-order chi connectivity index (χ1) is 7.24. The molecule has 0 amide bonds. The molecule has 84 valence electrons. The van der Waals surface area contributed by atoms with Crippen molar-refractivity contribution >= 4 is 16.5 Å². The summed E-state index contributed by atoms with van der Waals surface area (Å²) in [6.45, 7) is 3.94. The van der Waals surface area contributed by atoms with Gasteiger partial charge >= 0.3 is 0 Å². The summed E-state index contributed by atoms with van der Waals surface area (Å²) in [5.41, 5.74) is 0.943. The predicted molar refractivity (Wildman–Crippen MR) is 60.4 cm³/mol. The summed E-state index contributed by atoms with van der Waals surface area (Å²) >= 11 is 1.58. The molecule has 5 heteroatoms. The SMILES string of the molecule is COC1CCN(c2nc(C)c(CO)s2)C1. The van der Waals surface area contributed by atoms with Gasteiger partial charge in [-0.05, 0) is 13.3 Å². The van der Waals surface area contributed by atoms with Crippen LogP contribution in [0.4, 0.5) is 5.13 Å². The third-order valence-electron chi connectivity index (χ3n) is 2.77. The van der Waals surface area contributed by atoms with Crippen LogP contribution in [-0.4, -0.2) is 36.4 Å². The lowest BCUT2D eigenvalue weighted by Gasteiger charge is -2.13. The Morgan fingerprint density at radius 2 is 2.47 bits per heavy atom. The second kappa shape index (κ2) is 4.47. The molecule has 1 atom stereocenters. The number of anilines is 1. The van der Waals surface area contributed by atoms with Gasteiger partial charge in [-0.2, -0.15) is 0 Å². The highest BCUT2D eigenvalue weighted by Crippen LogP contribution is 2.29. The van der Waals surface area contributed by atoms with Gasteiger partial charge in [-0.3, -0.25) is 0 Å². The molecule has 1 aliphatic heterocycles. The lowest BCUT2D eigenvalue weighted by molar-refractivity contribution is 0.121. The molecule has 1 unspecified atom stereocenters.